The third kappa shape index (κ3) is 1.75. The molecule has 0 aromatic heterocycles. The van der Waals surface area contributed by atoms with Crippen LogP contribution in [0, 0.1) is 3.57 Å². The Kier molecular flexibility index (Phi) is 2.65. The van der Waals surface area contributed by atoms with Crippen LogP contribution in [0.4, 0.5) is 5.69 Å². The van der Waals surface area contributed by atoms with E-state index >= 15 is 0 Å². The van der Waals surface area contributed by atoms with E-state index in [0.29, 0.717) is 17.9 Å². The SMILES string of the molecule is O=C1CC2CCC(C1)N2c1ccc(I)cc1. The fourth-order valence-electron chi connectivity index (χ4n) is 3.01. The first-order valence-corrected chi connectivity index (χ1v) is 6.87. The topological polar surface area (TPSA) is 20.3 Å². The highest BCUT2D eigenvalue weighted by atomic mass is 127. The molecule has 2 bridgehead atoms. The minimum Gasteiger partial charge on any atom is -0.365 e. The molecule has 2 fully saturated rings. The number of benzene rings is 1. The maximum atomic E-state index is 11.5. The van der Waals surface area contributed by atoms with E-state index in [1.807, 2.05) is 0 Å². The first-order valence-electron chi connectivity index (χ1n) is 5.79. The van der Waals surface area contributed by atoms with Crippen molar-refractivity contribution in [3.05, 3.63) is 27.8 Å². The lowest BCUT2D eigenvalue weighted by Crippen LogP contribution is -2.43. The van der Waals surface area contributed by atoms with Gasteiger partial charge in [0.1, 0.15) is 5.78 Å². The number of hydrogen-bond donors (Lipinski definition) is 0. The summed E-state index contributed by atoms with van der Waals surface area (Å²) in [5.74, 6) is 0.453. The Balaban J connectivity index is 1.90. The predicted octanol–water partition coefficient (Wildman–Crippen LogP) is 2.99. The van der Waals surface area contributed by atoms with Crippen molar-refractivity contribution in [1.82, 2.24) is 0 Å². The van der Waals surface area contributed by atoms with E-state index in [2.05, 4.69) is 51.8 Å². The molecule has 0 N–H and O–H groups in total. The van der Waals surface area contributed by atoms with Crippen LogP contribution < -0.4 is 4.90 Å². The average Bonchev–Trinajstić information content (AvgIpc) is 2.54. The number of carbonyl (C=O) groups is 1. The third-order valence-corrected chi connectivity index (χ3v) is 4.39. The molecule has 3 heteroatoms. The van der Waals surface area contributed by atoms with E-state index in [-0.39, 0.29) is 0 Å². The maximum Gasteiger partial charge on any atom is 0.137 e. The van der Waals surface area contributed by atoms with Gasteiger partial charge in [0.25, 0.3) is 0 Å². The van der Waals surface area contributed by atoms with E-state index in [1.54, 1.807) is 0 Å². The molecule has 2 aliphatic heterocycles. The first-order chi connectivity index (χ1) is 7.74. The van der Waals surface area contributed by atoms with Crippen molar-refractivity contribution in [1.29, 1.82) is 0 Å². The number of halogens is 1. The molecular formula is C13H14INO. The van der Waals surface area contributed by atoms with Gasteiger partial charge in [-0.3, -0.25) is 4.79 Å². The standard InChI is InChI=1S/C13H14INO/c14-9-1-3-10(4-2-9)15-11-5-6-12(15)8-13(16)7-11/h1-4,11-12H,5-8H2. The van der Waals surface area contributed by atoms with Crippen molar-refractivity contribution < 1.29 is 4.79 Å². The van der Waals surface area contributed by atoms with E-state index < -0.39 is 0 Å². The van der Waals surface area contributed by atoms with E-state index in [0.717, 1.165) is 12.8 Å². The lowest BCUT2D eigenvalue weighted by molar-refractivity contribution is -0.120. The number of rotatable bonds is 1. The zero-order valence-corrected chi connectivity index (χ0v) is 11.2. The summed E-state index contributed by atoms with van der Waals surface area (Å²) < 4.78 is 1.27. The van der Waals surface area contributed by atoms with Crippen LogP contribution in [-0.2, 0) is 4.79 Å². The molecule has 1 aromatic carbocycles. The highest BCUT2D eigenvalue weighted by Crippen LogP contribution is 2.37. The number of ketones is 1. The van der Waals surface area contributed by atoms with Gasteiger partial charge in [-0.2, -0.15) is 0 Å². The number of Topliss-reactive ketones (excluding diaryl/α,β-unsaturated/α-hetero) is 1. The summed E-state index contributed by atoms with van der Waals surface area (Å²) in [6.07, 6.45) is 3.87. The molecule has 1 aromatic rings. The summed E-state index contributed by atoms with van der Waals surface area (Å²) in [7, 11) is 0. The molecule has 2 saturated heterocycles. The largest absolute Gasteiger partial charge is 0.365 e. The average molecular weight is 327 g/mol. The maximum absolute atomic E-state index is 11.5. The summed E-state index contributed by atoms with van der Waals surface area (Å²) >= 11 is 2.32. The Morgan fingerprint density at radius 3 is 2.19 bits per heavy atom. The number of anilines is 1. The van der Waals surface area contributed by atoms with Crippen LogP contribution >= 0.6 is 22.6 Å². The van der Waals surface area contributed by atoms with Gasteiger partial charge in [-0.05, 0) is 59.7 Å². The minimum absolute atomic E-state index is 0.453. The normalized spacial score (nSPS) is 28.6. The Morgan fingerprint density at radius 1 is 1.06 bits per heavy atom. The lowest BCUT2D eigenvalue weighted by Gasteiger charge is -2.36. The molecule has 0 aliphatic carbocycles. The number of carbonyl (C=O) groups excluding carboxylic acids is 1. The summed E-state index contributed by atoms with van der Waals surface area (Å²) in [5.41, 5.74) is 1.29. The molecule has 16 heavy (non-hydrogen) atoms. The van der Waals surface area contributed by atoms with Crippen LogP contribution in [0.3, 0.4) is 0 Å². The van der Waals surface area contributed by atoms with Crippen molar-refractivity contribution in [3.63, 3.8) is 0 Å². The van der Waals surface area contributed by atoms with Crippen molar-refractivity contribution in [2.75, 3.05) is 4.90 Å². The molecule has 0 radical (unpaired) electrons. The van der Waals surface area contributed by atoms with Crippen LogP contribution in [0.5, 0.6) is 0 Å². The summed E-state index contributed by atoms with van der Waals surface area (Å²) in [6, 6.07) is 9.58. The third-order valence-electron chi connectivity index (χ3n) is 3.67. The molecule has 2 unspecified atom stereocenters. The van der Waals surface area contributed by atoms with Gasteiger partial charge in [0, 0.05) is 34.2 Å². The molecule has 2 heterocycles. The first kappa shape index (κ1) is 10.6. The predicted molar refractivity (Wildman–Crippen MR) is 72.7 cm³/mol. The van der Waals surface area contributed by atoms with Crippen molar-refractivity contribution in [3.8, 4) is 0 Å². The Morgan fingerprint density at radius 2 is 1.62 bits per heavy atom. The van der Waals surface area contributed by atoms with Gasteiger partial charge in [0.05, 0.1) is 0 Å². The second-order valence-corrected chi connectivity index (χ2v) is 5.96. The number of hydrogen-bond acceptors (Lipinski definition) is 2. The second-order valence-electron chi connectivity index (χ2n) is 4.72. The fourth-order valence-corrected chi connectivity index (χ4v) is 3.37. The van der Waals surface area contributed by atoms with Crippen LogP contribution in [0.2, 0.25) is 0 Å². The monoisotopic (exact) mass is 327 g/mol. The van der Waals surface area contributed by atoms with Gasteiger partial charge in [-0.1, -0.05) is 0 Å². The van der Waals surface area contributed by atoms with Gasteiger partial charge < -0.3 is 4.90 Å². The number of nitrogens with zero attached hydrogens (tertiary/aromatic N) is 1. The zero-order valence-electron chi connectivity index (χ0n) is 9.03. The molecule has 2 aliphatic rings. The van der Waals surface area contributed by atoms with Gasteiger partial charge in [0.2, 0.25) is 0 Å². The molecule has 3 rings (SSSR count). The Labute approximate surface area is 109 Å². The molecule has 0 amide bonds. The highest BCUT2D eigenvalue weighted by molar-refractivity contribution is 14.1. The van der Waals surface area contributed by atoms with E-state index in [1.165, 1.54) is 22.1 Å². The van der Waals surface area contributed by atoms with Gasteiger partial charge in [-0.15, -0.1) is 0 Å². The van der Waals surface area contributed by atoms with Crippen LogP contribution in [0.1, 0.15) is 25.7 Å². The highest BCUT2D eigenvalue weighted by Gasteiger charge is 2.39. The summed E-state index contributed by atoms with van der Waals surface area (Å²) in [4.78, 5) is 14.0. The molecular weight excluding hydrogens is 313 g/mol. The quantitative estimate of drug-likeness (QED) is 0.739. The Bertz CT molecular complexity index is 398. The molecule has 2 nitrogen and oxygen atoms in total. The van der Waals surface area contributed by atoms with Gasteiger partial charge in [-0.25, -0.2) is 0 Å². The minimum atomic E-state index is 0.453. The molecule has 84 valence electrons. The van der Waals surface area contributed by atoms with Crippen LogP contribution in [0.25, 0.3) is 0 Å². The summed E-state index contributed by atoms with van der Waals surface area (Å²) in [5, 5.41) is 0. The molecule has 0 spiro atoms. The fraction of sp³-hybridized carbons (Fsp3) is 0.462. The van der Waals surface area contributed by atoms with Crippen molar-refractivity contribution in [2.45, 2.75) is 37.8 Å². The smallest absolute Gasteiger partial charge is 0.137 e. The van der Waals surface area contributed by atoms with Crippen molar-refractivity contribution in [2.24, 2.45) is 0 Å². The second kappa shape index (κ2) is 4.02. The summed E-state index contributed by atoms with van der Waals surface area (Å²) in [6.45, 7) is 0. The molecule has 2 atom stereocenters. The zero-order chi connectivity index (χ0) is 11.1. The van der Waals surface area contributed by atoms with Gasteiger partial charge in [0.15, 0.2) is 0 Å². The van der Waals surface area contributed by atoms with Crippen LogP contribution in [0.15, 0.2) is 24.3 Å². The van der Waals surface area contributed by atoms with Crippen molar-refractivity contribution >= 4 is 34.1 Å². The lowest BCUT2D eigenvalue weighted by atomic mass is 10.0. The van der Waals surface area contributed by atoms with Crippen LogP contribution in [-0.4, -0.2) is 17.9 Å². The number of piperidine rings is 1. The Hall–Kier alpha value is -0.580. The molecule has 0 saturated carbocycles. The van der Waals surface area contributed by atoms with Gasteiger partial charge >= 0.3 is 0 Å². The van der Waals surface area contributed by atoms with E-state index in [9.17, 15) is 4.79 Å². The van der Waals surface area contributed by atoms with E-state index in [4.69, 9.17) is 0 Å². The number of fused-ring (bicyclic) bond motifs is 2.